The fourth-order valence-electron chi connectivity index (χ4n) is 3.04. The van der Waals surface area contributed by atoms with Crippen LogP contribution in [0.2, 0.25) is 0 Å². The van der Waals surface area contributed by atoms with Crippen LogP contribution >= 0.6 is 0 Å². The van der Waals surface area contributed by atoms with Crippen LogP contribution in [0, 0.1) is 0 Å². The third-order valence-electron chi connectivity index (χ3n) is 4.30. The zero-order valence-electron chi connectivity index (χ0n) is 13.2. The highest BCUT2D eigenvalue weighted by Gasteiger charge is 2.20. The summed E-state index contributed by atoms with van der Waals surface area (Å²) in [7, 11) is 0. The molecule has 116 valence electrons. The summed E-state index contributed by atoms with van der Waals surface area (Å²) in [6.45, 7) is 5.10. The fourth-order valence-corrected chi connectivity index (χ4v) is 3.04. The lowest BCUT2D eigenvalue weighted by molar-refractivity contribution is 0.0951. The van der Waals surface area contributed by atoms with Crippen molar-refractivity contribution in [3.63, 3.8) is 0 Å². The van der Waals surface area contributed by atoms with Gasteiger partial charge in [-0.2, -0.15) is 0 Å². The van der Waals surface area contributed by atoms with E-state index in [4.69, 9.17) is 0 Å². The van der Waals surface area contributed by atoms with Gasteiger partial charge in [-0.15, -0.1) is 0 Å². The second-order valence-corrected chi connectivity index (χ2v) is 5.93. The number of carbonyl (C=O) groups excluding carboxylic acids is 1. The number of nitrogens with one attached hydrogen (secondary N) is 2. The largest absolute Gasteiger partial charge is 0.352 e. The minimum absolute atomic E-state index is 0.0978. The van der Waals surface area contributed by atoms with Gasteiger partial charge in [-0.25, -0.2) is 0 Å². The van der Waals surface area contributed by atoms with Crippen LogP contribution in [0.1, 0.15) is 67.3 Å². The SMILES string of the molecule is CCCCCCNC(=O)c1ccccc1C1CCNCC1. The van der Waals surface area contributed by atoms with Crippen LogP contribution in [0.4, 0.5) is 0 Å². The Balaban J connectivity index is 1.93. The Morgan fingerprint density at radius 3 is 2.71 bits per heavy atom. The van der Waals surface area contributed by atoms with Gasteiger partial charge in [0.05, 0.1) is 0 Å². The first-order chi connectivity index (χ1) is 10.3. The van der Waals surface area contributed by atoms with Crippen molar-refractivity contribution in [1.29, 1.82) is 0 Å². The molecule has 0 aromatic heterocycles. The minimum atomic E-state index is 0.0978. The maximum absolute atomic E-state index is 12.4. The van der Waals surface area contributed by atoms with E-state index in [-0.39, 0.29) is 5.91 Å². The standard InChI is InChI=1S/C18H28N2O/c1-2-3-4-7-12-20-18(21)17-9-6-5-8-16(17)15-10-13-19-14-11-15/h5-6,8-9,15,19H,2-4,7,10-14H2,1H3,(H,20,21). The molecule has 1 aromatic rings. The van der Waals surface area contributed by atoms with Crippen LogP contribution in [-0.4, -0.2) is 25.5 Å². The molecule has 2 rings (SSSR count). The van der Waals surface area contributed by atoms with Gasteiger partial charge in [0.15, 0.2) is 0 Å². The van der Waals surface area contributed by atoms with Crippen LogP contribution in [-0.2, 0) is 0 Å². The normalized spacial score (nSPS) is 15.9. The van der Waals surface area contributed by atoms with E-state index < -0.39 is 0 Å². The van der Waals surface area contributed by atoms with E-state index in [1.807, 2.05) is 12.1 Å². The summed E-state index contributed by atoms with van der Waals surface area (Å²) in [5.41, 5.74) is 2.10. The molecule has 1 aliphatic heterocycles. The van der Waals surface area contributed by atoms with Gasteiger partial charge < -0.3 is 10.6 Å². The summed E-state index contributed by atoms with van der Waals surface area (Å²) in [5, 5.41) is 6.47. The van der Waals surface area contributed by atoms with Gasteiger partial charge in [0.2, 0.25) is 0 Å². The predicted octanol–water partition coefficient (Wildman–Crippen LogP) is 3.46. The van der Waals surface area contributed by atoms with Crippen molar-refractivity contribution in [3.05, 3.63) is 35.4 Å². The second-order valence-electron chi connectivity index (χ2n) is 5.93. The number of benzene rings is 1. The van der Waals surface area contributed by atoms with Gasteiger partial charge in [0, 0.05) is 12.1 Å². The van der Waals surface area contributed by atoms with Gasteiger partial charge in [-0.3, -0.25) is 4.79 Å². The highest BCUT2D eigenvalue weighted by molar-refractivity contribution is 5.95. The molecule has 0 bridgehead atoms. The highest BCUT2D eigenvalue weighted by atomic mass is 16.1. The molecule has 3 nitrogen and oxygen atoms in total. The highest BCUT2D eigenvalue weighted by Crippen LogP contribution is 2.27. The van der Waals surface area contributed by atoms with Crippen molar-refractivity contribution < 1.29 is 4.79 Å². The van der Waals surface area contributed by atoms with Gasteiger partial charge in [-0.1, -0.05) is 44.4 Å². The van der Waals surface area contributed by atoms with E-state index in [1.54, 1.807) is 0 Å². The number of rotatable bonds is 7. The maximum atomic E-state index is 12.4. The molecule has 2 N–H and O–H groups in total. The Hall–Kier alpha value is -1.35. The van der Waals surface area contributed by atoms with Crippen LogP contribution in [0.5, 0.6) is 0 Å². The van der Waals surface area contributed by atoms with Crippen molar-refractivity contribution in [3.8, 4) is 0 Å². The summed E-state index contributed by atoms with van der Waals surface area (Å²) >= 11 is 0. The molecular weight excluding hydrogens is 260 g/mol. The monoisotopic (exact) mass is 288 g/mol. The van der Waals surface area contributed by atoms with E-state index >= 15 is 0 Å². The molecule has 0 aliphatic carbocycles. The molecule has 1 heterocycles. The van der Waals surface area contributed by atoms with Crippen molar-refractivity contribution in [2.45, 2.75) is 51.4 Å². The number of unbranched alkanes of at least 4 members (excludes halogenated alkanes) is 3. The lowest BCUT2D eigenvalue weighted by Crippen LogP contribution is -2.29. The third-order valence-corrected chi connectivity index (χ3v) is 4.30. The van der Waals surface area contributed by atoms with E-state index in [2.05, 4.69) is 29.7 Å². The molecule has 0 radical (unpaired) electrons. The Morgan fingerprint density at radius 1 is 1.19 bits per heavy atom. The van der Waals surface area contributed by atoms with Gasteiger partial charge >= 0.3 is 0 Å². The van der Waals surface area contributed by atoms with Gasteiger partial charge in [0.1, 0.15) is 0 Å². The summed E-state index contributed by atoms with van der Waals surface area (Å²) in [4.78, 5) is 12.4. The first-order valence-corrected chi connectivity index (χ1v) is 8.40. The van der Waals surface area contributed by atoms with Crippen molar-refractivity contribution in [2.24, 2.45) is 0 Å². The second kappa shape index (κ2) is 8.83. The average Bonchev–Trinajstić information content (AvgIpc) is 2.55. The fraction of sp³-hybridized carbons (Fsp3) is 0.611. The molecular formula is C18H28N2O. The van der Waals surface area contributed by atoms with Crippen LogP contribution in [0.25, 0.3) is 0 Å². The summed E-state index contributed by atoms with van der Waals surface area (Å²) in [5.74, 6) is 0.619. The maximum Gasteiger partial charge on any atom is 0.251 e. The molecule has 1 amide bonds. The number of piperidine rings is 1. The summed E-state index contributed by atoms with van der Waals surface area (Å²) in [6.07, 6.45) is 7.01. The van der Waals surface area contributed by atoms with Gasteiger partial charge in [0.25, 0.3) is 5.91 Å². The van der Waals surface area contributed by atoms with E-state index in [0.717, 1.165) is 44.5 Å². The smallest absolute Gasteiger partial charge is 0.251 e. The van der Waals surface area contributed by atoms with Gasteiger partial charge in [-0.05, 0) is 49.9 Å². The predicted molar refractivity (Wildman–Crippen MR) is 87.8 cm³/mol. The van der Waals surface area contributed by atoms with E-state index in [9.17, 15) is 4.79 Å². The quantitative estimate of drug-likeness (QED) is 0.754. The Morgan fingerprint density at radius 2 is 1.95 bits per heavy atom. The molecule has 21 heavy (non-hydrogen) atoms. The lowest BCUT2D eigenvalue weighted by Gasteiger charge is -2.24. The molecule has 0 spiro atoms. The molecule has 1 aromatic carbocycles. The lowest BCUT2D eigenvalue weighted by atomic mass is 9.87. The first kappa shape index (κ1) is 16.0. The van der Waals surface area contributed by atoms with Crippen LogP contribution < -0.4 is 10.6 Å². The Kier molecular flexibility index (Phi) is 6.74. The Labute approximate surface area is 128 Å². The number of hydrogen-bond donors (Lipinski definition) is 2. The van der Waals surface area contributed by atoms with Crippen molar-refractivity contribution in [1.82, 2.24) is 10.6 Å². The Bertz CT molecular complexity index is 439. The molecule has 0 unspecified atom stereocenters. The number of hydrogen-bond acceptors (Lipinski definition) is 2. The van der Waals surface area contributed by atoms with E-state index in [0.29, 0.717) is 5.92 Å². The summed E-state index contributed by atoms with van der Waals surface area (Å²) in [6, 6.07) is 8.12. The average molecular weight is 288 g/mol. The third kappa shape index (κ3) is 4.85. The van der Waals surface area contributed by atoms with Crippen LogP contribution in [0.15, 0.2) is 24.3 Å². The number of carbonyl (C=O) groups is 1. The topological polar surface area (TPSA) is 41.1 Å². The van der Waals surface area contributed by atoms with Crippen molar-refractivity contribution >= 4 is 5.91 Å². The zero-order valence-corrected chi connectivity index (χ0v) is 13.2. The minimum Gasteiger partial charge on any atom is -0.352 e. The molecule has 1 fully saturated rings. The van der Waals surface area contributed by atoms with E-state index in [1.165, 1.54) is 24.8 Å². The first-order valence-electron chi connectivity index (χ1n) is 8.40. The molecule has 1 saturated heterocycles. The molecule has 0 atom stereocenters. The van der Waals surface area contributed by atoms with Crippen molar-refractivity contribution in [2.75, 3.05) is 19.6 Å². The molecule has 1 aliphatic rings. The zero-order chi connectivity index (χ0) is 14.9. The summed E-state index contributed by atoms with van der Waals surface area (Å²) < 4.78 is 0. The number of amides is 1. The molecule has 3 heteroatoms. The molecule has 0 saturated carbocycles. The van der Waals surface area contributed by atoms with Crippen LogP contribution in [0.3, 0.4) is 0 Å².